The zero-order chi connectivity index (χ0) is 11.5. The van der Waals surface area contributed by atoms with Gasteiger partial charge in [-0.05, 0) is 20.3 Å². The molecule has 1 unspecified atom stereocenters. The van der Waals surface area contributed by atoms with Gasteiger partial charge in [0.1, 0.15) is 10.6 Å². The molecule has 1 heterocycles. The predicted octanol–water partition coefficient (Wildman–Crippen LogP) is 1.48. The van der Waals surface area contributed by atoms with E-state index in [1.807, 2.05) is 12.3 Å². The first-order chi connectivity index (χ1) is 6.95. The summed E-state index contributed by atoms with van der Waals surface area (Å²) in [6, 6.07) is -0.107. The SMILES string of the molecule is CCC(NC(=O)C(C)(C)O)c1nccs1. The number of aliphatic hydroxyl groups is 1. The average molecular weight is 228 g/mol. The fourth-order valence-electron chi connectivity index (χ4n) is 1.08. The van der Waals surface area contributed by atoms with Crippen molar-refractivity contribution in [3.05, 3.63) is 16.6 Å². The van der Waals surface area contributed by atoms with Gasteiger partial charge in [0.2, 0.25) is 0 Å². The molecule has 0 radical (unpaired) electrons. The first-order valence-electron chi connectivity index (χ1n) is 4.88. The van der Waals surface area contributed by atoms with E-state index in [2.05, 4.69) is 10.3 Å². The van der Waals surface area contributed by atoms with E-state index >= 15 is 0 Å². The van der Waals surface area contributed by atoms with Crippen molar-refractivity contribution in [1.29, 1.82) is 0 Å². The summed E-state index contributed by atoms with van der Waals surface area (Å²) in [5.74, 6) is -0.371. The van der Waals surface area contributed by atoms with Gasteiger partial charge in [-0.2, -0.15) is 0 Å². The fraction of sp³-hybridized carbons (Fsp3) is 0.600. The molecule has 4 nitrogen and oxygen atoms in total. The van der Waals surface area contributed by atoms with Crippen molar-refractivity contribution < 1.29 is 9.90 Å². The van der Waals surface area contributed by atoms with E-state index in [0.29, 0.717) is 0 Å². The molecule has 2 N–H and O–H groups in total. The zero-order valence-corrected chi connectivity index (χ0v) is 9.97. The number of aromatic nitrogens is 1. The van der Waals surface area contributed by atoms with Crippen LogP contribution in [0.15, 0.2) is 11.6 Å². The summed E-state index contributed by atoms with van der Waals surface area (Å²) < 4.78 is 0. The summed E-state index contributed by atoms with van der Waals surface area (Å²) in [6.07, 6.45) is 2.47. The molecule has 0 spiro atoms. The largest absolute Gasteiger partial charge is 0.381 e. The summed E-state index contributed by atoms with van der Waals surface area (Å²) in [7, 11) is 0. The van der Waals surface area contributed by atoms with Crippen molar-refractivity contribution in [3.8, 4) is 0 Å². The van der Waals surface area contributed by atoms with E-state index in [-0.39, 0.29) is 11.9 Å². The lowest BCUT2D eigenvalue weighted by Gasteiger charge is -2.21. The molecule has 1 aromatic rings. The first-order valence-corrected chi connectivity index (χ1v) is 5.76. The van der Waals surface area contributed by atoms with Crippen LogP contribution in [0.25, 0.3) is 0 Å². The lowest BCUT2D eigenvalue weighted by Crippen LogP contribution is -2.43. The van der Waals surface area contributed by atoms with Gasteiger partial charge in [0, 0.05) is 11.6 Å². The lowest BCUT2D eigenvalue weighted by atomic mass is 10.1. The molecule has 0 saturated heterocycles. The number of amides is 1. The van der Waals surface area contributed by atoms with Crippen LogP contribution in [0.3, 0.4) is 0 Å². The maximum absolute atomic E-state index is 11.5. The van der Waals surface area contributed by atoms with Gasteiger partial charge in [-0.25, -0.2) is 4.98 Å². The fourth-order valence-corrected chi connectivity index (χ4v) is 1.85. The topological polar surface area (TPSA) is 62.2 Å². The number of thiazole rings is 1. The molecule has 5 heteroatoms. The third-order valence-electron chi connectivity index (χ3n) is 2.02. The van der Waals surface area contributed by atoms with Crippen LogP contribution in [0.5, 0.6) is 0 Å². The summed E-state index contributed by atoms with van der Waals surface area (Å²) in [4.78, 5) is 15.7. The highest BCUT2D eigenvalue weighted by Gasteiger charge is 2.26. The number of hydrogen-bond donors (Lipinski definition) is 2. The minimum absolute atomic E-state index is 0.107. The van der Waals surface area contributed by atoms with Crippen molar-refractivity contribution in [2.75, 3.05) is 0 Å². The monoisotopic (exact) mass is 228 g/mol. The van der Waals surface area contributed by atoms with Crippen LogP contribution in [0.4, 0.5) is 0 Å². The number of carbonyl (C=O) groups excluding carboxylic acids is 1. The van der Waals surface area contributed by atoms with Crippen LogP contribution in [0, 0.1) is 0 Å². The number of nitrogens with one attached hydrogen (secondary N) is 1. The molecular formula is C10H16N2O2S. The number of carbonyl (C=O) groups is 1. The maximum atomic E-state index is 11.5. The molecule has 1 atom stereocenters. The van der Waals surface area contributed by atoms with Crippen LogP contribution in [0.1, 0.15) is 38.2 Å². The van der Waals surface area contributed by atoms with Gasteiger partial charge in [-0.3, -0.25) is 4.79 Å². The van der Waals surface area contributed by atoms with E-state index in [0.717, 1.165) is 11.4 Å². The quantitative estimate of drug-likeness (QED) is 0.820. The zero-order valence-electron chi connectivity index (χ0n) is 9.15. The smallest absolute Gasteiger partial charge is 0.251 e. The van der Waals surface area contributed by atoms with E-state index in [1.54, 1.807) is 6.20 Å². The minimum atomic E-state index is -1.34. The Hall–Kier alpha value is -0.940. The predicted molar refractivity (Wildman–Crippen MR) is 59.6 cm³/mol. The lowest BCUT2D eigenvalue weighted by molar-refractivity contribution is -0.137. The van der Waals surface area contributed by atoms with Crippen molar-refractivity contribution in [3.63, 3.8) is 0 Å². The number of rotatable bonds is 4. The number of hydrogen-bond acceptors (Lipinski definition) is 4. The molecule has 0 fully saturated rings. The number of nitrogens with zero attached hydrogens (tertiary/aromatic N) is 1. The highest BCUT2D eigenvalue weighted by Crippen LogP contribution is 2.19. The molecule has 84 valence electrons. The van der Waals surface area contributed by atoms with Crippen LogP contribution in [0.2, 0.25) is 0 Å². The second-order valence-electron chi connectivity index (χ2n) is 3.86. The highest BCUT2D eigenvalue weighted by atomic mass is 32.1. The molecule has 0 aliphatic rings. The molecule has 1 aromatic heterocycles. The molecule has 1 rings (SSSR count). The molecule has 0 aliphatic carbocycles. The third-order valence-corrected chi connectivity index (χ3v) is 2.91. The molecule has 1 amide bonds. The Morgan fingerprint density at radius 1 is 1.73 bits per heavy atom. The Bertz CT molecular complexity index is 317. The van der Waals surface area contributed by atoms with E-state index in [9.17, 15) is 9.90 Å². The first kappa shape index (κ1) is 12.1. The van der Waals surface area contributed by atoms with Gasteiger partial charge in [-0.15, -0.1) is 11.3 Å². The van der Waals surface area contributed by atoms with Gasteiger partial charge in [0.15, 0.2) is 0 Å². The molecule has 0 aromatic carbocycles. The highest BCUT2D eigenvalue weighted by molar-refractivity contribution is 7.09. The Morgan fingerprint density at radius 2 is 2.40 bits per heavy atom. The van der Waals surface area contributed by atoms with Crippen LogP contribution in [-0.4, -0.2) is 21.6 Å². The van der Waals surface area contributed by atoms with Gasteiger partial charge in [0.05, 0.1) is 6.04 Å². The van der Waals surface area contributed by atoms with Crippen LogP contribution < -0.4 is 5.32 Å². The van der Waals surface area contributed by atoms with Gasteiger partial charge < -0.3 is 10.4 Å². The van der Waals surface area contributed by atoms with Crippen molar-refractivity contribution in [1.82, 2.24) is 10.3 Å². The molecule has 15 heavy (non-hydrogen) atoms. The van der Waals surface area contributed by atoms with Gasteiger partial charge >= 0.3 is 0 Å². The third kappa shape index (κ3) is 3.28. The Balaban J connectivity index is 2.67. The second-order valence-corrected chi connectivity index (χ2v) is 4.79. The standard InChI is InChI=1S/C10H16N2O2S/c1-4-7(8-11-5-6-15-8)12-9(13)10(2,3)14/h5-7,14H,4H2,1-3H3,(H,12,13). The molecule has 0 saturated carbocycles. The maximum Gasteiger partial charge on any atom is 0.251 e. The molecule has 0 bridgehead atoms. The van der Waals surface area contributed by atoms with Gasteiger partial charge in [-0.1, -0.05) is 6.92 Å². The summed E-state index contributed by atoms with van der Waals surface area (Å²) in [5.41, 5.74) is -1.34. The van der Waals surface area contributed by atoms with Crippen molar-refractivity contribution in [2.24, 2.45) is 0 Å². The Labute approximate surface area is 93.4 Å². The Kier molecular flexibility index (Phi) is 3.82. The van der Waals surface area contributed by atoms with E-state index < -0.39 is 5.60 Å². The normalized spacial score (nSPS) is 13.6. The average Bonchev–Trinajstić information content (AvgIpc) is 2.64. The van der Waals surface area contributed by atoms with E-state index in [1.165, 1.54) is 25.2 Å². The van der Waals surface area contributed by atoms with Gasteiger partial charge in [0.25, 0.3) is 5.91 Å². The summed E-state index contributed by atoms with van der Waals surface area (Å²) in [6.45, 7) is 4.91. The summed E-state index contributed by atoms with van der Waals surface area (Å²) in [5, 5.41) is 15.0. The van der Waals surface area contributed by atoms with Crippen molar-refractivity contribution >= 4 is 17.2 Å². The van der Waals surface area contributed by atoms with Crippen LogP contribution in [-0.2, 0) is 4.79 Å². The summed E-state index contributed by atoms with van der Waals surface area (Å²) >= 11 is 1.50. The van der Waals surface area contributed by atoms with Crippen LogP contribution >= 0.6 is 11.3 Å². The molecular weight excluding hydrogens is 212 g/mol. The Morgan fingerprint density at radius 3 is 2.80 bits per heavy atom. The minimum Gasteiger partial charge on any atom is -0.381 e. The second kappa shape index (κ2) is 4.72. The molecule has 0 aliphatic heterocycles. The van der Waals surface area contributed by atoms with Crippen molar-refractivity contribution in [2.45, 2.75) is 38.8 Å². The van der Waals surface area contributed by atoms with E-state index in [4.69, 9.17) is 0 Å².